The summed E-state index contributed by atoms with van der Waals surface area (Å²) >= 11 is 0. The van der Waals surface area contributed by atoms with E-state index in [0.717, 1.165) is 10.5 Å². The van der Waals surface area contributed by atoms with Crippen molar-refractivity contribution in [2.24, 2.45) is 0 Å². The quantitative estimate of drug-likeness (QED) is 0.843. The number of hydrogen-bond acceptors (Lipinski definition) is 3. The number of benzene rings is 1. The van der Waals surface area contributed by atoms with Crippen LogP contribution < -0.4 is 4.72 Å². The van der Waals surface area contributed by atoms with Crippen LogP contribution in [0.15, 0.2) is 29.2 Å². The smallest absolute Gasteiger partial charge is 0.407 e. The van der Waals surface area contributed by atoms with Gasteiger partial charge in [-0.05, 0) is 19.1 Å². The van der Waals surface area contributed by atoms with E-state index in [1.165, 1.54) is 12.1 Å². The molecule has 18 heavy (non-hydrogen) atoms. The first kappa shape index (κ1) is 12.8. The van der Waals surface area contributed by atoms with E-state index in [9.17, 15) is 13.2 Å². The Morgan fingerprint density at radius 1 is 1.33 bits per heavy atom. The molecule has 0 aromatic heterocycles. The van der Waals surface area contributed by atoms with Crippen LogP contribution in [0.2, 0.25) is 0 Å². The molecule has 0 aliphatic carbocycles. The van der Waals surface area contributed by atoms with Crippen molar-refractivity contribution in [2.75, 3.05) is 13.1 Å². The second-order valence-corrected chi connectivity index (χ2v) is 6.03. The van der Waals surface area contributed by atoms with Crippen molar-refractivity contribution in [1.82, 2.24) is 9.62 Å². The standard InChI is InChI=1S/C11H14N2O4S/c1-8-2-4-10(5-3-8)18(16,17)12-9-6-13(7-9)11(14)15/h2-5,9,12H,6-7H2,1H3,(H,14,15). The average Bonchev–Trinajstić information content (AvgIpc) is 2.23. The molecule has 0 radical (unpaired) electrons. The lowest BCUT2D eigenvalue weighted by Gasteiger charge is -2.37. The minimum Gasteiger partial charge on any atom is -0.465 e. The number of sulfonamides is 1. The van der Waals surface area contributed by atoms with E-state index in [1.54, 1.807) is 12.1 Å². The van der Waals surface area contributed by atoms with Crippen molar-refractivity contribution in [2.45, 2.75) is 17.9 Å². The van der Waals surface area contributed by atoms with Gasteiger partial charge in [0.2, 0.25) is 10.0 Å². The van der Waals surface area contributed by atoms with Gasteiger partial charge in [-0.15, -0.1) is 0 Å². The van der Waals surface area contributed by atoms with Gasteiger partial charge < -0.3 is 10.0 Å². The van der Waals surface area contributed by atoms with Crippen LogP contribution in [0.3, 0.4) is 0 Å². The fourth-order valence-corrected chi connectivity index (χ4v) is 2.93. The van der Waals surface area contributed by atoms with Crippen molar-refractivity contribution >= 4 is 16.1 Å². The highest BCUT2D eigenvalue weighted by atomic mass is 32.2. The molecule has 1 aromatic rings. The highest BCUT2D eigenvalue weighted by Crippen LogP contribution is 2.14. The summed E-state index contributed by atoms with van der Waals surface area (Å²) in [4.78, 5) is 11.9. The van der Waals surface area contributed by atoms with Gasteiger partial charge in [-0.2, -0.15) is 0 Å². The molecular formula is C11H14N2O4S. The molecule has 0 atom stereocenters. The molecule has 0 unspecified atom stereocenters. The highest BCUT2D eigenvalue weighted by Gasteiger charge is 2.33. The number of likely N-dealkylation sites (tertiary alicyclic amines) is 1. The third-order valence-electron chi connectivity index (χ3n) is 2.81. The van der Waals surface area contributed by atoms with E-state index in [4.69, 9.17) is 5.11 Å². The number of carbonyl (C=O) groups is 1. The van der Waals surface area contributed by atoms with Crippen LogP contribution in [0.25, 0.3) is 0 Å². The van der Waals surface area contributed by atoms with Crippen LogP contribution in [-0.2, 0) is 10.0 Å². The average molecular weight is 270 g/mol. The van der Waals surface area contributed by atoms with Crippen molar-refractivity contribution in [3.63, 3.8) is 0 Å². The van der Waals surface area contributed by atoms with E-state index in [1.807, 2.05) is 6.92 Å². The Kier molecular flexibility index (Phi) is 3.27. The lowest BCUT2D eigenvalue weighted by atomic mass is 10.1. The summed E-state index contributed by atoms with van der Waals surface area (Å²) < 4.78 is 26.4. The van der Waals surface area contributed by atoms with E-state index in [-0.39, 0.29) is 24.0 Å². The summed E-state index contributed by atoms with van der Waals surface area (Å²) in [6.45, 7) is 2.27. The second-order valence-electron chi connectivity index (χ2n) is 4.32. The van der Waals surface area contributed by atoms with Gasteiger partial charge in [0.15, 0.2) is 0 Å². The second kappa shape index (κ2) is 4.58. The Hall–Kier alpha value is -1.60. The zero-order chi connectivity index (χ0) is 13.3. The monoisotopic (exact) mass is 270 g/mol. The molecule has 2 rings (SSSR count). The van der Waals surface area contributed by atoms with E-state index in [0.29, 0.717) is 0 Å². The number of carboxylic acid groups (broad SMARTS) is 1. The molecule has 1 saturated heterocycles. The van der Waals surface area contributed by atoms with Crippen LogP contribution in [-0.4, -0.2) is 43.6 Å². The molecule has 1 fully saturated rings. The van der Waals surface area contributed by atoms with Crippen LogP contribution in [0.4, 0.5) is 4.79 Å². The zero-order valence-electron chi connectivity index (χ0n) is 9.83. The van der Waals surface area contributed by atoms with Crippen molar-refractivity contribution < 1.29 is 18.3 Å². The van der Waals surface area contributed by atoms with E-state index in [2.05, 4.69) is 4.72 Å². The summed E-state index contributed by atoms with van der Waals surface area (Å²) in [5.41, 5.74) is 0.981. The van der Waals surface area contributed by atoms with Crippen LogP contribution in [0.1, 0.15) is 5.56 Å². The molecule has 1 aromatic carbocycles. The summed E-state index contributed by atoms with van der Waals surface area (Å²) in [7, 11) is -3.56. The van der Waals surface area contributed by atoms with Crippen LogP contribution in [0, 0.1) is 6.92 Å². The van der Waals surface area contributed by atoms with Gasteiger partial charge in [0.05, 0.1) is 10.9 Å². The highest BCUT2D eigenvalue weighted by molar-refractivity contribution is 7.89. The lowest BCUT2D eigenvalue weighted by molar-refractivity contribution is 0.102. The van der Waals surface area contributed by atoms with Gasteiger partial charge in [0.1, 0.15) is 0 Å². The molecule has 1 aliphatic heterocycles. The summed E-state index contributed by atoms with van der Waals surface area (Å²) in [6, 6.07) is 6.17. The third kappa shape index (κ3) is 2.62. The first-order valence-electron chi connectivity index (χ1n) is 5.45. The van der Waals surface area contributed by atoms with Gasteiger partial charge in [0, 0.05) is 13.1 Å². The minimum atomic E-state index is -3.56. The van der Waals surface area contributed by atoms with E-state index < -0.39 is 16.1 Å². The number of hydrogen-bond donors (Lipinski definition) is 2. The van der Waals surface area contributed by atoms with Crippen molar-refractivity contribution in [3.05, 3.63) is 29.8 Å². The maximum Gasteiger partial charge on any atom is 0.407 e. The fourth-order valence-electron chi connectivity index (χ4n) is 1.71. The molecule has 2 N–H and O–H groups in total. The lowest BCUT2D eigenvalue weighted by Crippen LogP contribution is -2.60. The van der Waals surface area contributed by atoms with Crippen LogP contribution >= 0.6 is 0 Å². The Morgan fingerprint density at radius 2 is 1.89 bits per heavy atom. The van der Waals surface area contributed by atoms with Gasteiger partial charge in [0.25, 0.3) is 0 Å². The maximum atomic E-state index is 11.9. The molecule has 1 heterocycles. The van der Waals surface area contributed by atoms with Gasteiger partial charge >= 0.3 is 6.09 Å². The number of nitrogens with zero attached hydrogens (tertiary/aromatic N) is 1. The maximum absolute atomic E-state index is 11.9. The van der Waals surface area contributed by atoms with Crippen molar-refractivity contribution in [3.8, 4) is 0 Å². The Balaban J connectivity index is 2.01. The Morgan fingerprint density at radius 3 is 2.39 bits per heavy atom. The predicted molar refractivity (Wildman–Crippen MR) is 64.9 cm³/mol. The molecule has 98 valence electrons. The molecule has 0 spiro atoms. The zero-order valence-corrected chi connectivity index (χ0v) is 10.6. The molecule has 7 heteroatoms. The third-order valence-corrected chi connectivity index (χ3v) is 4.34. The Bertz CT molecular complexity index is 547. The number of nitrogens with one attached hydrogen (secondary N) is 1. The molecule has 6 nitrogen and oxygen atoms in total. The molecular weight excluding hydrogens is 256 g/mol. The molecule has 1 aliphatic rings. The van der Waals surface area contributed by atoms with Crippen LogP contribution in [0.5, 0.6) is 0 Å². The van der Waals surface area contributed by atoms with Crippen molar-refractivity contribution in [1.29, 1.82) is 0 Å². The van der Waals surface area contributed by atoms with E-state index >= 15 is 0 Å². The normalized spacial score (nSPS) is 16.4. The summed E-state index contributed by atoms with van der Waals surface area (Å²) in [6.07, 6.45) is -1.03. The summed E-state index contributed by atoms with van der Waals surface area (Å²) in [5.74, 6) is 0. The number of rotatable bonds is 3. The SMILES string of the molecule is Cc1ccc(S(=O)(=O)NC2CN(C(=O)O)C2)cc1. The van der Waals surface area contributed by atoms with Gasteiger partial charge in [-0.3, -0.25) is 0 Å². The summed E-state index contributed by atoms with van der Waals surface area (Å²) in [5, 5.41) is 8.65. The Labute approximate surface area is 105 Å². The minimum absolute atomic E-state index is 0.195. The predicted octanol–water partition coefficient (Wildman–Crippen LogP) is 0.636. The van der Waals surface area contributed by atoms with Gasteiger partial charge in [-0.1, -0.05) is 17.7 Å². The number of aryl methyl sites for hydroxylation is 1. The first-order valence-corrected chi connectivity index (χ1v) is 6.94. The molecule has 1 amide bonds. The molecule has 0 saturated carbocycles. The molecule has 0 bridgehead atoms. The number of amides is 1. The first-order chi connectivity index (χ1) is 8.38. The fraction of sp³-hybridized carbons (Fsp3) is 0.364. The largest absolute Gasteiger partial charge is 0.465 e. The van der Waals surface area contributed by atoms with Gasteiger partial charge in [-0.25, -0.2) is 17.9 Å². The topological polar surface area (TPSA) is 86.7 Å².